The van der Waals surface area contributed by atoms with Crippen LogP contribution in [-0.2, 0) is 0 Å². The highest BCUT2D eigenvalue weighted by Gasteiger charge is 2.11. The average Bonchev–Trinajstić information content (AvgIpc) is 2.60. The van der Waals surface area contributed by atoms with E-state index in [0.29, 0.717) is 23.1 Å². The summed E-state index contributed by atoms with van der Waals surface area (Å²) in [6.45, 7) is 2.52. The fourth-order valence-corrected chi connectivity index (χ4v) is 2.49. The van der Waals surface area contributed by atoms with Crippen molar-refractivity contribution in [3.05, 3.63) is 22.5 Å². The van der Waals surface area contributed by atoms with Gasteiger partial charge in [-0.1, -0.05) is 11.6 Å². The molecule has 14 heavy (non-hydrogen) atoms. The first-order valence-corrected chi connectivity index (χ1v) is 5.57. The zero-order valence-electron chi connectivity index (χ0n) is 7.71. The van der Waals surface area contributed by atoms with Crippen LogP contribution in [0.25, 0.3) is 10.1 Å². The van der Waals surface area contributed by atoms with E-state index in [4.69, 9.17) is 22.1 Å². The number of ether oxygens (including phenoxy) is 1. The molecule has 1 aromatic carbocycles. The molecule has 0 fully saturated rings. The number of fused-ring (bicyclic) bond motifs is 1. The lowest BCUT2D eigenvalue weighted by Gasteiger charge is -2.08. The molecule has 2 aromatic rings. The summed E-state index contributed by atoms with van der Waals surface area (Å²) in [6.07, 6.45) is 0. The molecule has 4 heteroatoms. The maximum absolute atomic E-state index is 6.06. The van der Waals surface area contributed by atoms with Gasteiger partial charge < -0.3 is 10.5 Å². The maximum Gasteiger partial charge on any atom is 0.157 e. The van der Waals surface area contributed by atoms with Gasteiger partial charge in [0.15, 0.2) is 5.75 Å². The van der Waals surface area contributed by atoms with Crippen LogP contribution < -0.4 is 10.5 Å². The van der Waals surface area contributed by atoms with E-state index >= 15 is 0 Å². The molecule has 0 saturated heterocycles. The van der Waals surface area contributed by atoms with Crippen LogP contribution in [0.5, 0.6) is 5.75 Å². The molecule has 0 bridgehead atoms. The Hall–Kier alpha value is -0.930. The van der Waals surface area contributed by atoms with Crippen molar-refractivity contribution < 1.29 is 4.74 Å². The highest BCUT2D eigenvalue weighted by Crippen LogP contribution is 2.40. The minimum Gasteiger partial charge on any atom is -0.491 e. The van der Waals surface area contributed by atoms with Crippen LogP contribution in [0, 0.1) is 0 Å². The first-order chi connectivity index (χ1) is 6.74. The van der Waals surface area contributed by atoms with Crippen molar-refractivity contribution in [2.45, 2.75) is 6.92 Å². The van der Waals surface area contributed by atoms with Crippen LogP contribution in [0.3, 0.4) is 0 Å². The number of rotatable bonds is 2. The van der Waals surface area contributed by atoms with Gasteiger partial charge in [-0.05, 0) is 29.8 Å². The van der Waals surface area contributed by atoms with Gasteiger partial charge in [0.1, 0.15) is 5.02 Å². The second-order valence-corrected chi connectivity index (χ2v) is 4.17. The fraction of sp³-hybridized carbons (Fsp3) is 0.200. The Bertz CT molecular complexity index is 466. The second kappa shape index (κ2) is 3.67. The number of hydrogen-bond donors (Lipinski definition) is 1. The SMILES string of the molecule is CCOc1c(Cl)c(N)cc2ccsc12. The molecule has 2 rings (SSSR count). The summed E-state index contributed by atoms with van der Waals surface area (Å²) in [5.74, 6) is 0.708. The molecule has 0 aliphatic rings. The summed E-state index contributed by atoms with van der Waals surface area (Å²) in [6, 6.07) is 3.88. The molecule has 0 aliphatic heterocycles. The van der Waals surface area contributed by atoms with Gasteiger partial charge in [0.05, 0.1) is 17.0 Å². The molecule has 0 spiro atoms. The zero-order valence-corrected chi connectivity index (χ0v) is 9.28. The van der Waals surface area contributed by atoms with Gasteiger partial charge in [-0.15, -0.1) is 11.3 Å². The predicted molar refractivity (Wildman–Crippen MR) is 62.4 cm³/mol. The molecule has 0 unspecified atom stereocenters. The normalized spacial score (nSPS) is 10.7. The summed E-state index contributed by atoms with van der Waals surface area (Å²) in [5.41, 5.74) is 6.34. The van der Waals surface area contributed by atoms with Gasteiger partial charge in [0.25, 0.3) is 0 Å². The van der Waals surface area contributed by atoms with Gasteiger partial charge in [-0.3, -0.25) is 0 Å². The monoisotopic (exact) mass is 227 g/mol. The van der Waals surface area contributed by atoms with E-state index in [0.717, 1.165) is 10.1 Å². The van der Waals surface area contributed by atoms with E-state index in [1.807, 2.05) is 24.4 Å². The molecule has 0 amide bonds. The summed E-state index contributed by atoms with van der Waals surface area (Å²) in [4.78, 5) is 0. The third-order valence-electron chi connectivity index (χ3n) is 1.95. The maximum atomic E-state index is 6.06. The van der Waals surface area contributed by atoms with Gasteiger partial charge in [0, 0.05) is 0 Å². The lowest BCUT2D eigenvalue weighted by Crippen LogP contribution is -1.95. The van der Waals surface area contributed by atoms with Crippen LogP contribution in [0.4, 0.5) is 5.69 Å². The lowest BCUT2D eigenvalue weighted by molar-refractivity contribution is 0.345. The van der Waals surface area contributed by atoms with Crippen molar-refractivity contribution >= 4 is 38.7 Å². The summed E-state index contributed by atoms with van der Waals surface area (Å²) in [7, 11) is 0. The van der Waals surface area contributed by atoms with Crippen molar-refractivity contribution in [3.8, 4) is 5.75 Å². The number of thiophene rings is 1. The van der Waals surface area contributed by atoms with Gasteiger partial charge in [-0.2, -0.15) is 0 Å². The fourth-order valence-electron chi connectivity index (χ4n) is 1.35. The van der Waals surface area contributed by atoms with Crippen molar-refractivity contribution in [1.29, 1.82) is 0 Å². The van der Waals surface area contributed by atoms with Crippen molar-refractivity contribution in [2.24, 2.45) is 0 Å². The molecule has 2 N–H and O–H groups in total. The summed E-state index contributed by atoms with van der Waals surface area (Å²) >= 11 is 7.68. The highest BCUT2D eigenvalue weighted by molar-refractivity contribution is 7.17. The van der Waals surface area contributed by atoms with Crippen molar-refractivity contribution in [2.75, 3.05) is 12.3 Å². The Morgan fingerprint density at radius 3 is 3.07 bits per heavy atom. The van der Waals surface area contributed by atoms with Crippen molar-refractivity contribution in [1.82, 2.24) is 0 Å². The number of hydrogen-bond acceptors (Lipinski definition) is 3. The second-order valence-electron chi connectivity index (χ2n) is 2.88. The van der Waals surface area contributed by atoms with E-state index < -0.39 is 0 Å². The topological polar surface area (TPSA) is 35.2 Å². The molecule has 0 saturated carbocycles. The largest absolute Gasteiger partial charge is 0.491 e. The number of halogens is 1. The molecular formula is C10H10ClNOS. The Kier molecular flexibility index (Phi) is 2.52. The van der Waals surface area contributed by atoms with Crippen LogP contribution in [-0.4, -0.2) is 6.61 Å². The zero-order chi connectivity index (χ0) is 10.1. The van der Waals surface area contributed by atoms with E-state index in [9.17, 15) is 0 Å². The van der Waals surface area contributed by atoms with Crippen LogP contribution in [0.15, 0.2) is 17.5 Å². The highest BCUT2D eigenvalue weighted by atomic mass is 35.5. The van der Waals surface area contributed by atoms with E-state index in [2.05, 4.69) is 0 Å². The Labute approximate surface area is 91.2 Å². The van der Waals surface area contributed by atoms with Gasteiger partial charge in [-0.25, -0.2) is 0 Å². The van der Waals surface area contributed by atoms with E-state index in [1.54, 1.807) is 11.3 Å². The van der Waals surface area contributed by atoms with Crippen LogP contribution >= 0.6 is 22.9 Å². The number of nitrogen functional groups attached to an aromatic ring is 1. The third-order valence-corrected chi connectivity index (χ3v) is 3.27. The van der Waals surface area contributed by atoms with Gasteiger partial charge >= 0.3 is 0 Å². The molecule has 0 radical (unpaired) electrons. The molecule has 0 atom stereocenters. The van der Waals surface area contributed by atoms with Gasteiger partial charge in [0.2, 0.25) is 0 Å². The average molecular weight is 228 g/mol. The molecule has 2 nitrogen and oxygen atoms in total. The predicted octanol–water partition coefficient (Wildman–Crippen LogP) is 3.54. The molecule has 74 valence electrons. The van der Waals surface area contributed by atoms with E-state index in [1.165, 1.54) is 0 Å². The third kappa shape index (κ3) is 1.42. The lowest BCUT2D eigenvalue weighted by atomic mass is 10.2. The van der Waals surface area contributed by atoms with Crippen molar-refractivity contribution in [3.63, 3.8) is 0 Å². The Morgan fingerprint density at radius 2 is 2.36 bits per heavy atom. The Balaban J connectivity index is 2.73. The summed E-state index contributed by atoms with van der Waals surface area (Å²) < 4.78 is 6.55. The minimum absolute atomic E-state index is 0.516. The minimum atomic E-state index is 0.516. The summed E-state index contributed by atoms with van der Waals surface area (Å²) in [5, 5.41) is 3.60. The molecule has 1 heterocycles. The van der Waals surface area contributed by atoms with Crippen LogP contribution in [0.2, 0.25) is 5.02 Å². The van der Waals surface area contributed by atoms with E-state index in [-0.39, 0.29) is 0 Å². The first kappa shape index (κ1) is 9.62. The number of anilines is 1. The first-order valence-electron chi connectivity index (χ1n) is 4.32. The molecule has 1 aromatic heterocycles. The van der Waals surface area contributed by atoms with Crippen LogP contribution in [0.1, 0.15) is 6.92 Å². The number of nitrogens with two attached hydrogens (primary N) is 1. The quantitative estimate of drug-likeness (QED) is 0.797. The molecule has 0 aliphatic carbocycles. The number of benzene rings is 1. The standard InChI is InChI=1S/C10H10ClNOS/c1-2-13-9-8(11)7(12)5-6-3-4-14-10(6)9/h3-5H,2,12H2,1H3. The smallest absolute Gasteiger partial charge is 0.157 e. The molecular weight excluding hydrogens is 218 g/mol. The Morgan fingerprint density at radius 1 is 1.57 bits per heavy atom.